The van der Waals surface area contributed by atoms with Crippen molar-refractivity contribution in [2.45, 2.75) is 11.3 Å². The summed E-state index contributed by atoms with van der Waals surface area (Å²) in [6.07, 6.45) is -0.667. The molecule has 1 atom stereocenters. The molecule has 1 N–H and O–H groups in total. The number of ether oxygens (including phenoxy) is 1. The number of tetrazole rings is 1. The molecule has 0 fully saturated rings. The third kappa shape index (κ3) is 4.27. The maximum absolute atomic E-state index is 10.3. The van der Waals surface area contributed by atoms with Crippen LogP contribution < -0.4 is 4.74 Å². The van der Waals surface area contributed by atoms with Crippen molar-refractivity contribution in [3.8, 4) is 11.4 Å². The molecule has 3 aromatic carbocycles. The van der Waals surface area contributed by atoms with Crippen LogP contribution in [0.25, 0.3) is 16.5 Å². The van der Waals surface area contributed by atoms with E-state index in [1.807, 2.05) is 54.6 Å². The number of halogens is 1. The summed E-state index contributed by atoms with van der Waals surface area (Å²) in [5, 5.41) is 25.4. The lowest BCUT2D eigenvalue weighted by Crippen LogP contribution is -2.20. The lowest BCUT2D eigenvalue weighted by molar-refractivity contribution is 0.127. The van der Waals surface area contributed by atoms with Gasteiger partial charge in [0.2, 0.25) is 5.16 Å². The molecule has 4 rings (SSSR count). The number of aliphatic hydroxyl groups excluding tert-OH is 1. The van der Waals surface area contributed by atoms with Crippen molar-refractivity contribution in [1.82, 2.24) is 20.2 Å². The molecule has 0 aliphatic rings. The van der Waals surface area contributed by atoms with Gasteiger partial charge in [0.25, 0.3) is 0 Å². The number of hydrogen-bond acceptors (Lipinski definition) is 6. The van der Waals surface area contributed by atoms with Crippen LogP contribution >= 0.6 is 23.4 Å². The molecule has 142 valence electrons. The molecular formula is C20H17ClN4O2S. The fourth-order valence-electron chi connectivity index (χ4n) is 2.74. The minimum atomic E-state index is -0.667. The van der Waals surface area contributed by atoms with E-state index in [1.165, 1.54) is 11.8 Å². The van der Waals surface area contributed by atoms with Gasteiger partial charge in [0.1, 0.15) is 12.4 Å². The Morgan fingerprint density at radius 2 is 1.82 bits per heavy atom. The molecule has 1 aromatic heterocycles. The van der Waals surface area contributed by atoms with Crippen LogP contribution in [-0.2, 0) is 0 Å². The first-order valence-electron chi connectivity index (χ1n) is 8.66. The van der Waals surface area contributed by atoms with Gasteiger partial charge in [0, 0.05) is 16.2 Å². The fraction of sp³-hybridized carbons (Fsp3) is 0.150. The molecule has 0 amide bonds. The quantitative estimate of drug-likeness (QED) is 0.462. The lowest BCUT2D eigenvalue weighted by Gasteiger charge is -2.13. The molecule has 6 nitrogen and oxygen atoms in total. The number of fused-ring (bicyclic) bond motifs is 1. The van der Waals surface area contributed by atoms with E-state index < -0.39 is 6.10 Å². The van der Waals surface area contributed by atoms with Crippen molar-refractivity contribution in [3.63, 3.8) is 0 Å². The van der Waals surface area contributed by atoms with Crippen molar-refractivity contribution in [3.05, 3.63) is 71.8 Å². The molecule has 1 heterocycles. The second-order valence-corrected chi connectivity index (χ2v) is 7.53. The highest BCUT2D eigenvalue weighted by Gasteiger charge is 2.13. The Kier molecular flexibility index (Phi) is 5.76. The SMILES string of the molecule is O[C@H](COc1cccc2ccccc12)CSc1nnnn1-c1ccc(Cl)cc1. The molecule has 0 spiro atoms. The molecule has 0 saturated carbocycles. The number of benzene rings is 3. The van der Waals surface area contributed by atoms with E-state index in [9.17, 15) is 5.11 Å². The number of rotatable bonds is 7. The lowest BCUT2D eigenvalue weighted by atomic mass is 10.1. The van der Waals surface area contributed by atoms with Crippen LogP contribution in [0.15, 0.2) is 71.9 Å². The average Bonchev–Trinajstić information content (AvgIpc) is 3.20. The summed E-state index contributed by atoms with van der Waals surface area (Å²) in [5.74, 6) is 1.16. The van der Waals surface area contributed by atoms with Gasteiger partial charge in [-0.15, -0.1) is 5.10 Å². The van der Waals surface area contributed by atoms with Crippen molar-refractivity contribution >= 4 is 34.1 Å². The Hall–Kier alpha value is -2.61. The Balaban J connectivity index is 1.37. The first kappa shape index (κ1) is 18.7. The number of thioether (sulfide) groups is 1. The van der Waals surface area contributed by atoms with E-state index >= 15 is 0 Å². The number of aliphatic hydroxyl groups is 1. The van der Waals surface area contributed by atoms with Crippen molar-refractivity contribution < 1.29 is 9.84 Å². The predicted octanol–water partition coefficient (Wildman–Crippen LogP) is 4.00. The maximum atomic E-state index is 10.3. The Bertz CT molecular complexity index is 1070. The molecule has 4 aromatic rings. The van der Waals surface area contributed by atoms with Gasteiger partial charge in [-0.05, 0) is 46.1 Å². The summed E-state index contributed by atoms with van der Waals surface area (Å²) in [6.45, 7) is 0.184. The summed E-state index contributed by atoms with van der Waals surface area (Å²) in [7, 11) is 0. The van der Waals surface area contributed by atoms with Crippen LogP contribution in [0.5, 0.6) is 5.75 Å². The molecule has 0 aliphatic heterocycles. The molecular weight excluding hydrogens is 396 g/mol. The molecule has 8 heteroatoms. The first-order chi connectivity index (χ1) is 13.7. The van der Waals surface area contributed by atoms with E-state index in [2.05, 4.69) is 15.5 Å². The minimum absolute atomic E-state index is 0.184. The van der Waals surface area contributed by atoms with E-state index in [1.54, 1.807) is 16.8 Å². The van der Waals surface area contributed by atoms with Gasteiger partial charge < -0.3 is 9.84 Å². The van der Waals surface area contributed by atoms with Gasteiger partial charge in [-0.2, -0.15) is 4.68 Å². The highest BCUT2D eigenvalue weighted by Crippen LogP contribution is 2.26. The van der Waals surface area contributed by atoms with E-state index in [4.69, 9.17) is 16.3 Å². The summed E-state index contributed by atoms with van der Waals surface area (Å²) in [4.78, 5) is 0. The number of hydrogen-bond donors (Lipinski definition) is 1. The average molecular weight is 413 g/mol. The van der Waals surface area contributed by atoms with Crippen molar-refractivity contribution in [2.24, 2.45) is 0 Å². The smallest absolute Gasteiger partial charge is 0.214 e. The predicted molar refractivity (Wildman–Crippen MR) is 110 cm³/mol. The van der Waals surface area contributed by atoms with Crippen LogP contribution in [0.4, 0.5) is 0 Å². The van der Waals surface area contributed by atoms with Gasteiger partial charge in [0.15, 0.2) is 0 Å². The highest BCUT2D eigenvalue weighted by molar-refractivity contribution is 7.99. The second kappa shape index (κ2) is 8.60. The summed E-state index contributed by atoms with van der Waals surface area (Å²) in [5.41, 5.74) is 0.804. The third-order valence-electron chi connectivity index (χ3n) is 4.10. The zero-order valence-electron chi connectivity index (χ0n) is 14.8. The molecule has 0 radical (unpaired) electrons. The summed E-state index contributed by atoms with van der Waals surface area (Å²) < 4.78 is 7.45. The summed E-state index contributed by atoms with van der Waals surface area (Å²) in [6, 6.07) is 21.1. The summed E-state index contributed by atoms with van der Waals surface area (Å²) >= 11 is 7.29. The van der Waals surface area contributed by atoms with Crippen molar-refractivity contribution in [1.29, 1.82) is 0 Å². The number of nitrogens with zero attached hydrogens (tertiary/aromatic N) is 4. The molecule has 0 unspecified atom stereocenters. The minimum Gasteiger partial charge on any atom is -0.490 e. The standard InChI is InChI=1S/C20H17ClN4O2S/c21-15-8-10-16(11-9-15)25-20(22-23-24-25)28-13-17(26)12-27-19-7-3-5-14-4-1-2-6-18(14)19/h1-11,17,26H,12-13H2/t17-/m1/s1. The molecule has 0 aliphatic carbocycles. The molecule has 0 saturated heterocycles. The highest BCUT2D eigenvalue weighted by atomic mass is 35.5. The van der Waals surface area contributed by atoms with Gasteiger partial charge >= 0.3 is 0 Å². The van der Waals surface area contributed by atoms with Crippen LogP contribution in [0.1, 0.15) is 0 Å². The van der Waals surface area contributed by atoms with Gasteiger partial charge in [0.05, 0.1) is 11.8 Å². The fourth-order valence-corrected chi connectivity index (χ4v) is 3.66. The van der Waals surface area contributed by atoms with Gasteiger partial charge in [-0.1, -0.05) is 59.8 Å². The normalized spacial score (nSPS) is 12.2. The maximum Gasteiger partial charge on any atom is 0.214 e. The first-order valence-corrected chi connectivity index (χ1v) is 10.0. The zero-order valence-corrected chi connectivity index (χ0v) is 16.3. The largest absolute Gasteiger partial charge is 0.490 e. The monoisotopic (exact) mass is 412 g/mol. The van der Waals surface area contributed by atoms with E-state index in [0.717, 1.165) is 22.2 Å². The topological polar surface area (TPSA) is 73.1 Å². The van der Waals surface area contributed by atoms with Crippen LogP contribution in [0, 0.1) is 0 Å². The van der Waals surface area contributed by atoms with Crippen LogP contribution in [0.2, 0.25) is 5.02 Å². The molecule has 0 bridgehead atoms. The Morgan fingerprint density at radius 1 is 1.04 bits per heavy atom. The van der Waals surface area contributed by atoms with E-state index in [-0.39, 0.29) is 6.61 Å². The van der Waals surface area contributed by atoms with Crippen molar-refractivity contribution in [2.75, 3.05) is 12.4 Å². The van der Waals surface area contributed by atoms with E-state index in [0.29, 0.717) is 15.9 Å². The zero-order chi connectivity index (χ0) is 19.3. The molecule has 28 heavy (non-hydrogen) atoms. The van der Waals surface area contributed by atoms with Gasteiger partial charge in [-0.3, -0.25) is 0 Å². The Labute approximate surface area is 171 Å². The second-order valence-electron chi connectivity index (χ2n) is 6.10. The Morgan fingerprint density at radius 3 is 2.68 bits per heavy atom. The van der Waals surface area contributed by atoms with Gasteiger partial charge in [-0.25, -0.2) is 0 Å². The third-order valence-corrected chi connectivity index (χ3v) is 5.41. The van der Waals surface area contributed by atoms with Crippen LogP contribution in [-0.4, -0.2) is 43.8 Å². The number of aromatic nitrogens is 4. The van der Waals surface area contributed by atoms with Crippen LogP contribution in [0.3, 0.4) is 0 Å².